The number of rotatable bonds is 4. The molecular weight excluding hydrogens is 359 g/mol. The molecule has 0 radical (unpaired) electrons. The van der Waals surface area contributed by atoms with E-state index in [1.54, 1.807) is 18.2 Å². The summed E-state index contributed by atoms with van der Waals surface area (Å²) in [7, 11) is 0. The fourth-order valence-corrected chi connectivity index (χ4v) is 3.30. The van der Waals surface area contributed by atoms with Crippen molar-refractivity contribution >= 4 is 11.7 Å². The van der Waals surface area contributed by atoms with Crippen LogP contribution in [-0.2, 0) is 4.79 Å². The number of hydrogen-bond donors (Lipinski definition) is 0. The van der Waals surface area contributed by atoms with Crippen molar-refractivity contribution in [2.24, 2.45) is 5.41 Å². The van der Waals surface area contributed by atoms with E-state index in [-0.39, 0.29) is 23.2 Å². The van der Waals surface area contributed by atoms with Crippen molar-refractivity contribution in [3.8, 4) is 11.6 Å². The van der Waals surface area contributed by atoms with Crippen LogP contribution in [0.2, 0.25) is 0 Å². The minimum Gasteiger partial charge on any atom is -0.439 e. The van der Waals surface area contributed by atoms with Crippen LogP contribution in [0.5, 0.6) is 11.6 Å². The lowest BCUT2D eigenvalue weighted by molar-refractivity contribution is -0.135. The van der Waals surface area contributed by atoms with E-state index in [1.165, 1.54) is 18.5 Å². The van der Waals surface area contributed by atoms with Crippen molar-refractivity contribution in [3.05, 3.63) is 42.5 Å². The maximum atomic E-state index is 13.3. The third-order valence-electron chi connectivity index (χ3n) is 4.60. The average molecular weight is 386 g/mol. The van der Waals surface area contributed by atoms with Gasteiger partial charge in [-0.15, -0.1) is 0 Å². The summed E-state index contributed by atoms with van der Waals surface area (Å²) in [5, 5.41) is 0. The van der Waals surface area contributed by atoms with Gasteiger partial charge in [-0.2, -0.15) is 0 Å². The first-order valence-electron chi connectivity index (χ1n) is 9.51. The summed E-state index contributed by atoms with van der Waals surface area (Å²) in [6.07, 6.45) is 1.97. The van der Waals surface area contributed by atoms with Crippen molar-refractivity contribution in [1.82, 2.24) is 14.9 Å². The molecule has 0 bridgehead atoms. The molecule has 0 aliphatic carbocycles. The van der Waals surface area contributed by atoms with Gasteiger partial charge in [-0.05, 0) is 24.5 Å². The zero-order valence-corrected chi connectivity index (χ0v) is 16.9. The van der Waals surface area contributed by atoms with E-state index < -0.39 is 0 Å². The zero-order valence-electron chi connectivity index (χ0n) is 16.9. The first-order valence-corrected chi connectivity index (χ1v) is 9.51. The highest BCUT2D eigenvalue weighted by Gasteiger charge is 2.30. The van der Waals surface area contributed by atoms with Crippen LogP contribution in [0.3, 0.4) is 0 Å². The lowest BCUT2D eigenvalue weighted by atomic mass is 9.91. The molecule has 0 saturated carbocycles. The molecular formula is C21H27FN4O2. The number of amides is 1. The fraction of sp³-hybridized carbons (Fsp3) is 0.476. The van der Waals surface area contributed by atoms with Crippen molar-refractivity contribution < 1.29 is 13.9 Å². The van der Waals surface area contributed by atoms with E-state index in [2.05, 4.69) is 42.6 Å². The Morgan fingerprint density at radius 2 is 2.04 bits per heavy atom. The lowest BCUT2D eigenvalue weighted by Gasteiger charge is -2.41. The van der Waals surface area contributed by atoms with Crippen molar-refractivity contribution in [2.75, 3.05) is 24.5 Å². The summed E-state index contributed by atoms with van der Waals surface area (Å²) >= 11 is 0. The molecule has 0 N–H and O–H groups in total. The van der Waals surface area contributed by atoms with E-state index >= 15 is 0 Å². The number of aromatic nitrogens is 2. The first kappa shape index (κ1) is 20.0. The molecule has 1 aliphatic rings. The van der Waals surface area contributed by atoms with Crippen molar-refractivity contribution in [1.29, 1.82) is 0 Å². The summed E-state index contributed by atoms with van der Waals surface area (Å²) in [5.41, 5.74) is -0.0241. The van der Waals surface area contributed by atoms with Crippen molar-refractivity contribution in [2.45, 2.75) is 40.2 Å². The molecule has 1 fully saturated rings. The number of nitrogens with zero attached hydrogens (tertiary/aromatic N) is 4. The summed E-state index contributed by atoms with van der Waals surface area (Å²) in [4.78, 5) is 25.1. The predicted molar refractivity (Wildman–Crippen MR) is 106 cm³/mol. The lowest BCUT2D eigenvalue weighted by Crippen LogP contribution is -2.54. The summed E-state index contributed by atoms with van der Waals surface area (Å²) in [6, 6.07) is 7.76. The van der Waals surface area contributed by atoms with Crippen LogP contribution in [0, 0.1) is 11.2 Å². The van der Waals surface area contributed by atoms with Gasteiger partial charge >= 0.3 is 0 Å². The molecule has 3 rings (SSSR count). The first-order chi connectivity index (χ1) is 13.2. The second-order valence-corrected chi connectivity index (χ2v) is 8.39. The van der Waals surface area contributed by atoms with Crippen LogP contribution < -0.4 is 9.64 Å². The fourth-order valence-electron chi connectivity index (χ4n) is 3.30. The molecule has 1 aliphatic heterocycles. The van der Waals surface area contributed by atoms with Gasteiger partial charge in [-0.1, -0.05) is 26.8 Å². The average Bonchev–Trinajstić information content (AvgIpc) is 2.60. The van der Waals surface area contributed by atoms with Gasteiger partial charge in [-0.25, -0.2) is 14.4 Å². The Morgan fingerprint density at radius 3 is 2.71 bits per heavy atom. The highest BCUT2D eigenvalue weighted by atomic mass is 19.1. The Bertz CT molecular complexity index is 837. The monoisotopic (exact) mass is 386 g/mol. The molecule has 1 amide bonds. The number of hydrogen-bond acceptors (Lipinski definition) is 5. The molecule has 28 heavy (non-hydrogen) atoms. The van der Waals surface area contributed by atoms with Crippen LogP contribution in [0.4, 0.5) is 10.2 Å². The minimum absolute atomic E-state index is 0.0241. The quantitative estimate of drug-likeness (QED) is 0.798. The maximum absolute atomic E-state index is 13.3. The minimum atomic E-state index is -0.364. The van der Waals surface area contributed by atoms with E-state index in [1.807, 2.05) is 4.90 Å². The number of anilines is 1. The van der Waals surface area contributed by atoms with E-state index in [9.17, 15) is 9.18 Å². The molecule has 1 aromatic heterocycles. The van der Waals surface area contributed by atoms with Gasteiger partial charge in [0.05, 0.1) is 0 Å². The summed E-state index contributed by atoms with van der Waals surface area (Å²) in [6.45, 7) is 10.3. The highest BCUT2D eigenvalue weighted by molar-refractivity contribution is 5.77. The molecule has 2 aromatic rings. The van der Waals surface area contributed by atoms with Crippen LogP contribution in [0.15, 0.2) is 36.7 Å². The number of piperazine rings is 1. The van der Waals surface area contributed by atoms with Gasteiger partial charge in [-0.3, -0.25) is 4.79 Å². The van der Waals surface area contributed by atoms with Gasteiger partial charge in [0.15, 0.2) is 0 Å². The van der Waals surface area contributed by atoms with Crippen LogP contribution in [0.1, 0.15) is 34.1 Å². The van der Waals surface area contributed by atoms with Crippen LogP contribution in [0.25, 0.3) is 0 Å². The largest absolute Gasteiger partial charge is 0.439 e. The molecule has 7 heteroatoms. The van der Waals surface area contributed by atoms with E-state index in [0.717, 1.165) is 5.82 Å². The van der Waals surface area contributed by atoms with E-state index in [0.29, 0.717) is 37.7 Å². The Morgan fingerprint density at radius 1 is 1.25 bits per heavy atom. The molecule has 1 saturated heterocycles. The van der Waals surface area contributed by atoms with Gasteiger partial charge in [0, 0.05) is 44.2 Å². The molecule has 1 unspecified atom stereocenters. The third-order valence-corrected chi connectivity index (χ3v) is 4.60. The zero-order chi connectivity index (χ0) is 20.3. The number of ether oxygens (including phenoxy) is 1. The predicted octanol–water partition coefficient (Wildman–Crippen LogP) is 3.88. The standard InChI is InChI=1S/C21H27FN4O2/c1-15-13-25(8-9-26(15)20(27)12-21(2,3)4)18-11-19(24-14-23-18)28-17-7-5-6-16(22)10-17/h5-7,10-11,14-15H,8-9,12-13H2,1-4H3. The van der Waals surface area contributed by atoms with E-state index in [4.69, 9.17) is 4.74 Å². The maximum Gasteiger partial charge on any atom is 0.224 e. The summed E-state index contributed by atoms with van der Waals surface area (Å²) in [5.74, 6) is 1.30. The Balaban J connectivity index is 1.66. The van der Waals surface area contributed by atoms with Gasteiger partial charge < -0.3 is 14.5 Å². The molecule has 1 atom stereocenters. The molecule has 0 spiro atoms. The smallest absolute Gasteiger partial charge is 0.224 e. The Kier molecular flexibility index (Phi) is 5.82. The third kappa shape index (κ3) is 5.18. The van der Waals surface area contributed by atoms with Gasteiger partial charge in [0.25, 0.3) is 0 Å². The van der Waals surface area contributed by atoms with Crippen molar-refractivity contribution in [3.63, 3.8) is 0 Å². The molecule has 1 aromatic carbocycles. The van der Waals surface area contributed by atoms with Gasteiger partial charge in [0.1, 0.15) is 23.7 Å². The normalized spacial score (nSPS) is 17.5. The Labute approximate surface area is 165 Å². The number of carbonyl (C=O) groups is 1. The van der Waals surface area contributed by atoms with Crippen LogP contribution >= 0.6 is 0 Å². The number of carbonyl (C=O) groups excluding carboxylic acids is 1. The molecule has 150 valence electrons. The second-order valence-electron chi connectivity index (χ2n) is 8.39. The highest BCUT2D eigenvalue weighted by Crippen LogP contribution is 2.26. The topological polar surface area (TPSA) is 58.6 Å². The molecule has 2 heterocycles. The number of halogens is 1. The Hall–Kier alpha value is -2.70. The summed E-state index contributed by atoms with van der Waals surface area (Å²) < 4.78 is 19.0. The van der Waals surface area contributed by atoms with Gasteiger partial charge in [0.2, 0.25) is 11.8 Å². The van der Waals surface area contributed by atoms with Crippen LogP contribution in [-0.4, -0.2) is 46.5 Å². The number of benzene rings is 1. The molecule has 6 nitrogen and oxygen atoms in total. The SMILES string of the molecule is CC1CN(c2cc(Oc3cccc(F)c3)ncn2)CCN1C(=O)CC(C)(C)C. The second kappa shape index (κ2) is 8.12.